The van der Waals surface area contributed by atoms with Gasteiger partial charge in [-0.05, 0) is 31.5 Å². The lowest BCUT2D eigenvalue weighted by atomic mass is 9.99. The molecule has 0 atom stereocenters. The normalized spacial score (nSPS) is 10.6. The quantitative estimate of drug-likeness (QED) is 0.471. The Labute approximate surface area is 106 Å². The minimum absolute atomic E-state index is 0.0286. The fraction of sp³-hybridized carbons (Fsp3) is 0.200. The molecule has 0 unspecified atom stereocenters. The van der Waals surface area contributed by atoms with E-state index in [1.54, 1.807) is 6.92 Å². The number of carbonyl (C=O) groups excluding carboxylic acids is 2. The summed E-state index contributed by atoms with van der Waals surface area (Å²) in [6, 6.07) is 3.81. The van der Waals surface area contributed by atoms with Gasteiger partial charge >= 0.3 is 0 Å². The summed E-state index contributed by atoms with van der Waals surface area (Å²) in [4.78, 5) is 22.4. The first-order valence-electron chi connectivity index (χ1n) is 5.70. The number of allylic oxidation sites excluding steroid dienone is 1. The molecule has 92 valence electrons. The highest BCUT2D eigenvalue weighted by Gasteiger charge is 2.13. The highest BCUT2D eigenvalue weighted by molar-refractivity contribution is 6.13. The predicted molar refractivity (Wildman–Crippen MR) is 72.8 cm³/mol. The summed E-state index contributed by atoms with van der Waals surface area (Å²) < 4.78 is 1.94. The van der Waals surface area contributed by atoms with E-state index < -0.39 is 0 Å². The monoisotopic (exact) mass is 241 g/mol. The van der Waals surface area contributed by atoms with Crippen molar-refractivity contribution in [1.29, 1.82) is 0 Å². The fourth-order valence-electron chi connectivity index (χ4n) is 2.23. The van der Waals surface area contributed by atoms with Gasteiger partial charge in [0.15, 0.2) is 5.78 Å². The highest BCUT2D eigenvalue weighted by atomic mass is 16.1. The van der Waals surface area contributed by atoms with E-state index in [2.05, 4.69) is 6.58 Å². The van der Waals surface area contributed by atoms with Gasteiger partial charge in [-0.1, -0.05) is 6.58 Å². The molecule has 1 heterocycles. The standard InChI is InChI=1S/C15H15NO2/c1-9-5-15-13(6-12(9)11(3)18)14(7-16(15)4)10(2)8-17/h5-8H,2H2,1,3-4H3. The number of benzene rings is 1. The number of aldehydes is 1. The lowest BCUT2D eigenvalue weighted by Crippen LogP contribution is -1.96. The van der Waals surface area contributed by atoms with E-state index in [0.717, 1.165) is 28.3 Å². The Kier molecular flexibility index (Phi) is 2.91. The van der Waals surface area contributed by atoms with Crippen molar-refractivity contribution in [3.8, 4) is 0 Å². The van der Waals surface area contributed by atoms with Gasteiger partial charge in [0.05, 0.1) is 0 Å². The van der Waals surface area contributed by atoms with Crippen molar-refractivity contribution in [1.82, 2.24) is 4.57 Å². The molecule has 0 spiro atoms. The van der Waals surface area contributed by atoms with E-state index in [9.17, 15) is 9.59 Å². The summed E-state index contributed by atoms with van der Waals surface area (Å²) in [5, 5.41) is 0.894. The van der Waals surface area contributed by atoms with Crippen molar-refractivity contribution in [3.63, 3.8) is 0 Å². The number of aromatic nitrogens is 1. The number of fused-ring (bicyclic) bond motifs is 1. The Balaban J connectivity index is 2.84. The average molecular weight is 241 g/mol. The van der Waals surface area contributed by atoms with Crippen LogP contribution in [0.25, 0.3) is 16.5 Å². The summed E-state index contributed by atoms with van der Waals surface area (Å²) >= 11 is 0. The SMILES string of the molecule is C=C(C=O)c1cn(C)c2cc(C)c(C(C)=O)cc12. The van der Waals surface area contributed by atoms with Gasteiger partial charge in [0.1, 0.15) is 6.29 Å². The van der Waals surface area contributed by atoms with Crippen LogP contribution in [0.5, 0.6) is 0 Å². The first kappa shape index (κ1) is 12.3. The zero-order chi connectivity index (χ0) is 13.4. The molecule has 2 rings (SSSR count). The van der Waals surface area contributed by atoms with Crippen molar-refractivity contribution in [2.24, 2.45) is 7.05 Å². The number of ketones is 1. The van der Waals surface area contributed by atoms with E-state index >= 15 is 0 Å². The molecular weight excluding hydrogens is 226 g/mol. The van der Waals surface area contributed by atoms with Crippen LogP contribution in [-0.2, 0) is 11.8 Å². The zero-order valence-electron chi connectivity index (χ0n) is 10.8. The Morgan fingerprint density at radius 2 is 2.00 bits per heavy atom. The van der Waals surface area contributed by atoms with Gasteiger partial charge in [-0.3, -0.25) is 9.59 Å². The summed E-state index contributed by atoms with van der Waals surface area (Å²) in [7, 11) is 1.91. The number of rotatable bonds is 3. The van der Waals surface area contributed by atoms with E-state index in [0.29, 0.717) is 11.1 Å². The van der Waals surface area contributed by atoms with Crippen LogP contribution in [0, 0.1) is 6.92 Å². The van der Waals surface area contributed by atoms with Crippen molar-refractivity contribution >= 4 is 28.5 Å². The van der Waals surface area contributed by atoms with Gasteiger partial charge in [0, 0.05) is 40.8 Å². The van der Waals surface area contributed by atoms with Crippen molar-refractivity contribution in [2.75, 3.05) is 0 Å². The maximum atomic E-state index is 11.6. The highest BCUT2D eigenvalue weighted by Crippen LogP contribution is 2.28. The molecular formula is C15H15NO2. The Bertz CT molecular complexity index is 677. The maximum absolute atomic E-state index is 11.6. The predicted octanol–water partition coefficient (Wildman–Crippen LogP) is 2.90. The third kappa shape index (κ3) is 1.78. The number of hydrogen-bond donors (Lipinski definition) is 0. The number of Topliss-reactive ketones (excluding diaryl/α,β-unsaturated/α-hetero) is 1. The molecule has 0 fully saturated rings. The van der Waals surface area contributed by atoms with Crippen LogP contribution in [0.3, 0.4) is 0 Å². The molecule has 0 saturated heterocycles. The molecule has 1 aromatic carbocycles. The topological polar surface area (TPSA) is 39.1 Å². The second-order valence-corrected chi connectivity index (χ2v) is 4.54. The number of nitrogens with zero attached hydrogens (tertiary/aromatic N) is 1. The molecule has 0 saturated carbocycles. The third-order valence-electron chi connectivity index (χ3n) is 3.20. The van der Waals surface area contributed by atoms with Gasteiger partial charge in [0.2, 0.25) is 0 Å². The first-order valence-corrected chi connectivity index (χ1v) is 5.70. The van der Waals surface area contributed by atoms with Crippen LogP contribution in [0.15, 0.2) is 24.9 Å². The third-order valence-corrected chi connectivity index (χ3v) is 3.20. The summed E-state index contributed by atoms with van der Waals surface area (Å²) in [6.07, 6.45) is 2.60. The smallest absolute Gasteiger partial charge is 0.160 e. The van der Waals surface area contributed by atoms with Crippen LogP contribution >= 0.6 is 0 Å². The first-order chi connectivity index (χ1) is 8.45. The molecule has 3 nitrogen and oxygen atoms in total. The van der Waals surface area contributed by atoms with Gasteiger partial charge in [-0.25, -0.2) is 0 Å². The lowest BCUT2D eigenvalue weighted by molar-refractivity contribution is -0.103. The molecule has 1 aromatic heterocycles. The molecule has 18 heavy (non-hydrogen) atoms. The second-order valence-electron chi connectivity index (χ2n) is 4.54. The van der Waals surface area contributed by atoms with Crippen molar-refractivity contribution in [2.45, 2.75) is 13.8 Å². The maximum Gasteiger partial charge on any atom is 0.160 e. The molecule has 2 aromatic rings. The fourth-order valence-corrected chi connectivity index (χ4v) is 2.23. The Morgan fingerprint density at radius 1 is 1.33 bits per heavy atom. The molecule has 0 aliphatic rings. The molecule has 0 radical (unpaired) electrons. The van der Waals surface area contributed by atoms with Gasteiger partial charge < -0.3 is 4.57 Å². The minimum Gasteiger partial charge on any atom is -0.350 e. The van der Waals surface area contributed by atoms with Gasteiger partial charge in [-0.2, -0.15) is 0 Å². The van der Waals surface area contributed by atoms with Crippen molar-refractivity contribution < 1.29 is 9.59 Å². The minimum atomic E-state index is 0.0286. The summed E-state index contributed by atoms with van der Waals surface area (Å²) in [5.41, 5.74) is 3.84. The Hall–Kier alpha value is -2.16. The molecule has 0 N–H and O–H groups in total. The van der Waals surface area contributed by atoms with Crippen LogP contribution in [0.1, 0.15) is 28.4 Å². The van der Waals surface area contributed by atoms with E-state index in [1.165, 1.54) is 0 Å². The zero-order valence-corrected chi connectivity index (χ0v) is 10.8. The molecule has 0 bridgehead atoms. The van der Waals surface area contributed by atoms with Gasteiger partial charge in [0.25, 0.3) is 0 Å². The summed E-state index contributed by atoms with van der Waals surface area (Å²) in [6.45, 7) is 7.20. The van der Waals surface area contributed by atoms with E-state index in [4.69, 9.17) is 0 Å². The second kappa shape index (κ2) is 4.26. The number of aryl methyl sites for hydroxylation is 2. The van der Waals surface area contributed by atoms with E-state index in [-0.39, 0.29) is 5.78 Å². The molecule has 0 aliphatic carbocycles. The van der Waals surface area contributed by atoms with Crippen LogP contribution in [-0.4, -0.2) is 16.6 Å². The van der Waals surface area contributed by atoms with Crippen LogP contribution in [0.2, 0.25) is 0 Å². The van der Waals surface area contributed by atoms with Crippen LogP contribution < -0.4 is 0 Å². The lowest BCUT2D eigenvalue weighted by Gasteiger charge is -2.04. The molecule has 0 amide bonds. The van der Waals surface area contributed by atoms with E-state index in [1.807, 2.05) is 36.9 Å². The largest absolute Gasteiger partial charge is 0.350 e. The number of hydrogen-bond acceptors (Lipinski definition) is 2. The Morgan fingerprint density at radius 3 is 2.56 bits per heavy atom. The van der Waals surface area contributed by atoms with Gasteiger partial charge in [-0.15, -0.1) is 0 Å². The number of carbonyl (C=O) groups is 2. The average Bonchev–Trinajstić information content (AvgIpc) is 2.64. The molecule has 0 aliphatic heterocycles. The van der Waals surface area contributed by atoms with Crippen LogP contribution in [0.4, 0.5) is 0 Å². The molecule has 3 heteroatoms. The van der Waals surface area contributed by atoms with Crippen molar-refractivity contribution in [3.05, 3.63) is 41.6 Å². The summed E-state index contributed by atoms with van der Waals surface area (Å²) in [5.74, 6) is 0.0286.